The summed E-state index contributed by atoms with van der Waals surface area (Å²) in [6.07, 6.45) is 6.32. The van der Waals surface area contributed by atoms with Crippen molar-refractivity contribution in [2.24, 2.45) is 0 Å². The van der Waals surface area contributed by atoms with Gasteiger partial charge in [0.2, 0.25) is 11.9 Å². The molecular formula is C26H28N6O5. The minimum atomic E-state index is -0.769. The first-order valence-electron chi connectivity index (χ1n) is 11.6. The van der Waals surface area contributed by atoms with Gasteiger partial charge in [-0.1, -0.05) is 36.4 Å². The van der Waals surface area contributed by atoms with E-state index in [1.807, 2.05) is 44.4 Å². The number of fused-ring (bicyclic) bond motifs is 1. The molecule has 2 aliphatic rings. The number of ether oxygens (including phenoxy) is 1. The van der Waals surface area contributed by atoms with Gasteiger partial charge in [0.1, 0.15) is 5.70 Å². The number of methoxy groups -OCH3 is 1. The molecule has 0 saturated heterocycles. The third-order valence-electron chi connectivity index (χ3n) is 5.89. The number of carbonyl (C=O) groups excluding carboxylic acids is 3. The van der Waals surface area contributed by atoms with Crippen molar-refractivity contribution in [1.82, 2.24) is 25.5 Å². The highest BCUT2D eigenvalue weighted by Gasteiger charge is 2.35. The van der Waals surface area contributed by atoms with E-state index in [4.69, 9.17) is 0 Å². The number of hydrogen-bond acceptors (Lipinski definition) is 9. The van der Waals surface area contributed by atoms with Crippen molar-refractivity contribution in [3.63, 3.8) is 0 Å². The number of rotatable bonds is 8. The number of aliphatic hydroxyl groups is 1. The number of benzene rings is 1. The normalized spacial score (nSPS) is 16.8. The molecule has 0 bridgehead atoms. The summed E-state index contributed by atoms with van der Waals surface area (Å²) in [5, 5.41) is 16.8. The Labute approximate surface area is 214 Å². The van der Waals surface area contributed by atoms with Crippen LogP contribution in [0.2, 0.25) is 0 Å². The number of carbonyl (C=O) groups is 3. The molecule has 4 rings (SSSR count). The van der Waals surface area contributed by atoms with Gasteiger partial charge in [-0.3, -0.25) is 14.4 Å². The lowest BCUT2D eigenvalue weighted by Gasteiger charge is -2.33. The topological polar surface area (TPSA) is 137 Å². The van der Waals surface area contributed by atoms with Crippen LogP contribution < -0.4 is 15.5 Å². The maximum Gasteiger partial charge on any atom is 0.307 e. The van der Waals surface area contributed by atoms with Crippen molar-refractivity contribution in [3.05, 3.63) is 88.9 Å². The molecule has 0 radical (unpaired) electrons. The summed E-state index contributed by atoms with van der Waals surface area (Å²) in [5.41, 5.74) is 2.10. The Bertz CT molecular complexity index is 1280. The first kappa shape index (κ1) is 25.4. The fourth-order valence-electron chi connectivity index (χ4n) is 3.98. The van der Waals surface area contributed by atoms with Crippen LogP contribution in [-0.4, -0.2) is 65.5 Å². The minimum Gasteiger partial charge on any atom is -0.505 e. The first-order chi connectivity index (χ1) is 17.8. The number of nitrogens with zero attached hydrogens (tertiary/aromatic N) is 4. The predicted molar refractivity (Wildman–Crippen MR) is 135 cm³/mol. The highest BCUT2D eigenvalue weighted by atomic mass is 16.5. The zero-order valence-corrected chi connectivity index (χ0v) is 20.8. The molecule has 2 aliphatic heterocycles. The van der Waals surface area contributed by atoms with Crippen LogP contribution in [0.1, 0.15) is 23.5 Å². The van der Waals surface area contributed by atoms with E-state index in [9.17, 15) is 19.5 Å². The van der Waals surface area contributed by atoms with Gasteiger partial charge in [-0.2, -0.15) is 0 Å². The molecule has 0 saturated carbocycles. The highest BCUT2D eigenvalue weighted by molar-refractivity contribution is 5.97. The van der Waals surface area contributed by atoms with Crippen LogP contribution in [0.5, 0.6) is 0 Å². The van der Waals surface area contributed by atoms with Crippen molar-refractivity contribution >= 4 is 23.7 Å². The van der Waals surface area contributed by atoms with Crippen LogP contribution in [0, 0.1) is 0 Å². The Morgan fingerprint density at radius 2 is 1.89 bits per heavy atom. The molecule has 3 heterocycles. The molecule has 1 unspecified atom stereocenters. The van der Waals surface area contributed by atoms with Crippen molar-refractivity contribution in [2.45, 2.75) is 18.9 Å². The smallest absolute Gasteiger partial charge is 0.307 e. The van der Waals surface area contributed by atoms with E-state index < -0.39 is 17.8 Å². The van der Waals surface area contributed by atoms with Gasteiger partial charge in [0.25, 0.3) is 5.91 Å². The molecule has 192 valence electrons. The van der Waals surface area contributed by atoms with Crippen LogP contribution in [0.4, 0.5) is 5.95 Å². The first-order valence-corrected chi connectivity index (χ1v) is 11.6. The van der Waals surface area contributed by atoms with E-state index in [2.05, 4.69) is 25.3 Å². The van der Waals surface area contributed by atoms with Gasteiger partial charge in [0.05, 0.1) is 25.1 Å². The Morgan fingerprint density at radius 3 is 2.54 bits per heavy atom. The summed E-state index contributed by atoms with van der Waals surface area (Å²) in [4.78, 5) is 49.5. The summed E-state index contributed by atoms with van der Waals surface area (Å²) >= 11 is 0. The molecule has 3 N–H and O–H groups in total. The molecule has 11 nitrogen and oxygen atoms in total. The Balaban J connectivity index is 1.68. The number of aromatic nitrogens is 2. The second kappa shape index (κ2) is 10.9. The predicted octanol–water partition coefficient (Wildman–Crippen LogP) is 1.49. The van der Waals surface area contributed by atoms with Gasteiger partial charge < -0.3 is 30.3 Å². The van der Waals surface area contributed by atoms with Gasteiger partial charge in [-0.05, 0) is 5.56 Å². The Kier molecular flexibility index (Phi) is 7.52. The fraction of sp³-hybridized carbons (Fsp3) is 0.269. The second-order valence-corrected chi connectivity index (χ2v) is 8.69. The Morgan fingerprint density at radius 1 is 1.19 bits per heavy atom. The molecule has 1 aromatic heterocycles. The lowest BCUT2D eigenvalue weighted by molar-refractivity contribution is -0.140. The summed E-state index contributed by atoms with van der Waals surface area (Å²) in [5.74, 6) is -1.91. The molecule has 1 atom stereocenters. The van der Waals surface area contributed by atoms with E-state index in [1.165, 1.54) is 7.11 Å². The number of aliphatic hydroxyl groups excluding tert-OH is 1. The lowest BCUT2D eigenvalue weighted by atomic mass is 9.90. The van der Waals surface area contributed by atoms with Gasteiger partial charge in [-0.25, -0.2) is 9.97 Å². The number of hydrogen-bond donors (Lipinski definition) is 3. The molecule has 2 amide bonds. The van der Waals surface area contributed by atoms with E-state index in [-0.39, 0.29) is 36.9 Å². The van der Waals surface area contributed by atoms with Crippen molar-refractivity contribution in [1.29, 1.82) is 0 Å². The van der Waals surface area contributed by atoms with Gasteiger partial charge in [0, 0.05) is 56.9 Å². The second-order valence-electron chi connectivity index (χ2n) is 8.69. The molecular weight excluding hydrogens is 476 g/mol. The van der Waals surface area contributed by atoms with Gasteiger partial charge >= 0.3 is 5.97 Å². The summed E-state index contributed by atoms with van der Waals surface area (Å²) in [6, 6.07) is 9.40. The summed E-state index contributed by atoms with van der Waals surface area (Å²) in [7, 11) is 4.89. The quantitative estimate of drug-likeness (QED) is 0.457. The highest BCUT2D eigenvalue weighted by Crippen LogP contribution is 2.35. The van der Waals surface area contributed by atoms with Crippen molar-refractivity contribution < 1.29 is 24.2 Å². The summed E-state index contributed by atoms with van der Waals surface area (Å²) in [6.45, 7) is 0.298. The van der Waals surface area contributed by atoms with Crippen LogP contribution >= 0.6 is 0 Å². The Hall–Kier alpha value is -4.67. The zero-order chi connectivity index (χ0) is 26.5. The maximum atomic E-state index is 13.2. The third-order valence-corrected chi connectivity index (χ3v) is 5.89. The maximum absolute atomic E-state index is 13.2. The molecule has 0 aliphatic carbocycles. The van der Waals surface area contributed by atoms with Crippen LogP contribution in [-0.2, 0) is 25.7 Å². The number of esters is 1. The number of nitrogens with one attached hydrogen (secondary N) is 2. The largest absolute Gasteiger partial charge is 0.505 e. The van der Waals surface area contributed by atoms with Gasteiger partial charge in [0.15, 0.2) is 5.76 Å². The molecule has 1 aromatic carbocycles. The van der Waals surface area contributed by atoms with E-state index in [1.54, 1.807) is 34.5 Å². The molecule has 0 spiro atoms. The average Bonchev–Trinajstić information content (AvgIpc) is 2.89. The monoisotopic (exact) mass is 504 g/mol. The summed E-state index contributed by atoms with van der Waals surface area (Å²) < 4.78 is 4.62. The molecule has 37 heavy (non-hydrogen) atoms. The third kappa shape index (κ3) is 5.61. The standard InChI is InChI=1S/C26H28N6O5/c1-31(2)26-28-12-17(13-29-26)18-11-19-20(30-24(18)35)15-32(14-16-7-5-4-6-8-16)22(23(19)34)25(36)27-10-9-21(33)37-3/h4-8,11-13,15,18,34H,9-10,14H2,1-3H3,(H,27,36)(H,30,35). The fourth-order valence-corrected chi connectivity index (χ4v) is 3.98. The van der Waals surface area contributed by atoms with Crippen molar-refractivity contribution in [2.75, 3.05) is 32.6 Å². The minimum absolute atomic E-state index is 0.00202. The van der Waals surface area contributed by atoms with Gasteiger partial charge in [-0.15, -0.1) is 0 Å². The molecule has 0 fully saturated rings. The number of amides is 2. The lowest BCUT2D eigenvalue weighted by Crippen LogP contribution is -2.41. The number of anilines is 1. The SMILES string of the molecule is COC(=O)CCNC(=O)C1=C(O)C2=CC(c3cnc(N(C)C)nc3)C(=O)NC2=CN1Cc1ccccc1. The average molecular weight is 505 g/mol. The van der Waals surface area contributed by atoms with Crippen LogP contribution in [0.3, 0.4) is 0 Å². The van der Waals surface area contributed by atoms with E-state index in [0.717, 1.165) is 5.56 Å². The van der Waals surface area contributed by atoms with Crippen molar-refractivity contribution in [3.8, 4) is 0 Å². The van der Waals surface area contributed by atoms with Crippen LogP contribution in [0.25, 0.3) is 0 Å². The van der Waals surface area contributed by atoms with E-state index >= 15 is 0 Å². The zero-order valence-electron chi connectivity index (χ0n) is 20.8. The molecule has 11 heteroatoms. The van der Waals surface area contributed by atoms with E-state index in [0.29, 0.717) is 22.8 Å². The molecule has 2 aromatic rings. The van der Waals surface area contributed by atoms with Crippen LogP contribution in [0.15, 0.2) is 77.7 Å².